The molecule has 1 aliphatic rings. The number of thiazole rings is 1. The second-order valence-electron chi connectivity index (χ2n) is 8.03. The fraction of sp³-hybridized carbons (Fsp3) is 0.231. The van der Waals surface area contributed by atoms with Crippen molar-refractivity contribution in [3.63, 3.8) is 0 Å². The molecule has 0 atom stereocenters. The van der Waals surface area contributed by atoms with Crippen LogP contribution < -0.4 is 10.7 Å². The molecule has 4 aromatic rings. The highest BCUT2D eigenvalue weighted by molar-refractivity contribution is 7.19. The first-order valence-corrected chi connectivity index (χ1v) is 11.8. The molecule has 1 aliphatic heterocycles. The van der Waals surface area contributed by atoms with Crippen molar-refractivity contribution in [2.24, 2.45) is 0 Å². The summed E-state index contributed by atoms with van der Waals surface area (Å²) in [4.78, 5) is 30.6. The van der Waals surface area contributed by atoms with Crippen LogP contribution in [0.4, 0.5) is 0 Å². The van der Waals surface area contributed by atoms with Crippen LogP contribution in [0.3, 0.4) is 0 Å². The first kappa shape index (κ1) is 20.9. The Morgan fingerprint density at radius 3 is 2.24 bits per heavy atom. The third kappa shape index (κ3) is 3.77. The molecule has 1 saturated heterocycles. The molecule has 162 valence electrons. The molecule has 0 aliphatic carbocycles. The standard InChI is InChI=1S/C26H21N5OS/c1-27-23(25-29-19-13-7-8-14-20(19)33-25)21-17-11-5-6-12-18(17)22(30-21)24(28-2)26(32)31-15-9-3-4-10-16-31/h5-8,11-14,30H,3-4,9-10,15-16H2/b23-21+,24-22+. The first-order chi connectivity index (χ1) is 16.2. The second kappa shape index (κ2) is 8.90. The lowest BCUT2D eigenvalue weighted by Crippen LogP contribution is -2.34. The van der Waals surface area contributed by atoms with Crippen LogP contribution in [0.15, 0.2) is 48.5 Å². The Balaban J connectivity index is 1.78. The monoisotopic (exact) mass is 451 g/mol. The summed E-state index contributed by atoms with van der Waals surface area (Å²) in [5, 5.41) is 3.27. The molecule has 33 heavy (non-hydrogen) atoms. The van der Waals surface area contributed by atoms with Crippen molar-refractivity contribution in [2.75, 3.05) is 13.1 Å². The predicted molar refractivity (Wildman–Crippen MR) is 131 cm³/mol. The van der Waals surface area contributed by atoms with Crippen molar-refractivity contribution >= 4 is 49.6 Å². The SMILES string of the molecule is [C-]#[N+]/C(C(=O)N1CCCCCC1)=c1/[nH]/c(=C(/[N+]#[C-])c2nc3ccccc3s2)c2ccccc12. The number of aromatic nitrogens is 2. The van der Waals surface area contributed by atoms with Gasteiger partial charge in [-0.15, -0.1) is 11.3 Å². The maximum Gasteiger partial charge on any atom is 0.273 e. The van der Waals surface area contributed by atoms with Gasteiger partial charge in [-0.05, 0) is 35.7 Å². The smallest absolute Gasteiger partial charge is 0.273 e. The molecule has 3 heterocycles. The van der Waals surface area contributed by atoms with E-state index in [0.717, 1.165) is 46.7 Å². The summed E-state index contributed by atoms with van der Waals surface area (Å²) in [6, 6.07) is 15.4. The second-order valence-corrected chi connectivity index (χ2v) is 9.07. The number of H-pyrrole nitrogens is 1. The maximum absolute atomic E-state index is 13.3. The molecule has 0 radical (unpaired) electrons. The summed E-state index contributed by atoms with van der Waals surface area (Å²) in [6.07, 6.45) is 4.14. The lowest BCUT2D eigenvalue weighted by molar-refractivity contribution is -0.125. The van der Waals surface area contributed by atoms with Crippen LogP contribution in [0.2, 0.25) is 0 Å². The number of aromatic amines is 1. The van der Waals surface area contributed by atoms with Crippen LogP contribution >= 0.6 is 11.3 Å². The fourth-order valence-corrected chi connectivity index (χ4v) is 5.33. The molecular formula is C26H21N5OS. The highest BCUT2D eigenvalue weighted by atomic mass is 32.1. The Morgan fingerprint density at radius 2 is 1.58 bits per heavy atom. The average molecular weight is 452 g/mol. The van der Waals surface area contributed by atoms with Crippen LogP contribution in [0.25, 0.3) is 42.1 Å². The normalized spacial score (nSPS) is 16.1. The molecule has 7 heteroatoms. The van der Waals surface area contributed by atoms with Gasteiger partial charge >= 0.3 is 0 Å². The fourth-order valence-electron chi connectivity index (χ4n) is 4.37. The van der Waals surface area contributed by atoms with Gasteiger partial charge in [0.25, 0.3) is 11.6 Å². The topological polar surface area (TPSA) is 57.7 Å². The van der Waals surface area contributed by atoms with E-state index in [4.69, 9.17) is 13.1 Å². The highest BCUT2D eigenvalue weighted by Crippen LogP contribution is 2.26. The van der Waals surface area contributed by atoms with E-state index in [9.17, 15) is 4.79 Å². The van der Waals surface area contributed by atoms with Crippen molar-refractivity contribution < 1.29 is 4.79 Å². The van der Waals surface area contributed by atoms with E-state index in [1.165, 1.54) is 11.3 Å². The molecule has 2 aromatic heterocycles. The van der Waals surface area contributed by atoms with Crippen LogP contribution in [0.5, 0.6) is 0 Å². The van der Waals surface area contributed by atoms with Crippen molar-refractivity contribution in [2.45, 2.75) is 25.7 Å². The van der Waals surface area contributed by atoms with Gasteiger partial charge in [-0.2, -0.15) is 0 Å². The van der Waals surface area contributed by atoms with Crippen molar-refractivity contribution in [3.05, 3.63) is 87.1 Å². The number of likely N-dealkylation sites (tertiary alicyclic amines) is 1. The number of rotatable bonds is 2. The highest BCUT2D eigenvalue weighted by Gasteiger charge is 2.22. The molecule has 1 fully saturated rings. The summed E-state index contributed by atoms with van der Waals surface area (Å²) >= 11 is 1.46. The van der Waals surface area contributed by atoms with Crippen LogP contribution in [-0.4, -0.2) is 33.9 Å². The van der Waals surface area contributed by atoms with Gasteiger partial charge in [0.05, 0.1) is 34.1 Å². The molecule has 0 unspecified atom stereocenters. The summed E-state index contributed by atoms with van der Waals surface area (Å²) in [5.41, 5.74) is 1.32. The van der Waals surface area contributed by atoms with Crippen LogP contribution in [0.1, 0.15) is 30.7 Å². The molecule has 1 amide bonds. The number of nitrogens with one attached hydrogen (secondary N) is 1. The number of fused-ring (bicyclic) bond motifs is 2. The lowest BCUT2D eigenvalue weighted by atomic mass is 10.1. The zero-order chi connectivity index (χ0) is 22.8. The van der Waals surface area contributed by atoms with Crippen LogP contribution in [0, 0.1) is 13.1 Å². The van der Waals surface area contributed by atoms with Crippen molar-refractivity contribution in [1.82, 2.24) is 14.9 Å². The van der Waals surface area contributed by atoms with E-state index in [0.29, 0.717) is 34.5 Å². The molecule has 0 spiro atoms. The number of nitrogens with zero attached hydrogens (tertiary/aromatic N) is 4. The van der Waals surface area contributed by atoms with Gasteiger partial charge in [0.15, 0.2) is 0 Å². The lowest BCUT2D eigenvalue weighted by Gasteiger charge is -2.19. The molecule has 5 rings (SSSR count). The number of carbonyl (C=O) groups excluding carboxylic acids is 1. The van der Waals surface area contributed by atoms with E-state index in [2.05, 4.69) is 19.7 Å². The molecule has 6 nitrogen and oxygen atoms in total. The predicted octanol–water partition coefficient (Wildman–Crippen LogP) is 4.28. The molecule has 1 N–H and O–H groups in total. The van der Waals surface area contributed by atoms with E-state index in [1.54, 1.807) is 4.90 Å². The summed E-state index contributed by atoms with van der Waals surface area (Å²) in [5.74, 6) is -0.241. The van der Waals surface area contributed by atoms with Crippen molar-refractivity contribution in [1.29, 1.82) is 0 Å². The van der Waals surface area contributed by atoms with Gasteiger partial charge in [-0.1, -0.05) is 49.2 Å². The average Bonchev–Trinajstić information content (AvgIpc) is 3.32. The Bertz CT molecular complexity index is 1540. The Morgan fingerprint density at radius 1 is 0.909 bits per heavy atom. The number of hydrogen-bond acceptors (Lipinski definition) is 3. The van der Waals surface area contributed by atoms with E-state index >= 15 is 0 Å². The Kier molecular flexibility index (Phi) is 5.64. The van der Waals surface area contributed by atoms with Gasteiger partial charge in [0, 0.05) is 13.1 Å². The van der Waals surface area contributed by atoms with Crippen molar-refractivity contribution in [3.8, 4) is 0 Å². The van der Waals surface area contributed by atoms with E-state index in [-0.39, 0.29) is 11.6 Å². The minimum Gasteiger partial charge on any atom is -0.373 e. The van der Waals surface area contributed by atoms with Gasteiger partial charge < -0.3 is 9.88 Å². The number of benzene rings is 2. The first-order valence-electron chi connectivity index (χ1n) is 11.0. The molecule has 0 saturated carbocycles. The van der Waals surface area contributed by atoms with Gasteiger partial charge in [-0.25, -0.2) is 14.7 Å². The summed E-state index contributed by atoms with van der Waals surface area (Å²) in [6.45, 7) is 17.1. The largest absolute Gasteiger partial charge is 0.373 e. The Hall–Kier alpha value is -3.94. The van der Waals surface area contributed by atoms with E-state index in [1.807, 2.05) is 48.5 Å². The van der Waals surface area contributed by atoms with E-state index < -0.39 is 0 Å². The third-order valence-electron chi connectivity index (χ3n) is 6.01. The van der Waals surface area contributed by atoms with Gasteiger partial charge in [-0.3, -0.25) is 4.79 Å². The minimum atomic E-state index is -0.241. The summed E-state index contributed by atoms with van der Waals surface area (Å²) < 4.78 is 1.01. The zero-order valence-corrected chi connectivity index (χ0v) is 18.8. The molecule has 2 aromatic carbocycles. The minimum absolute atomic E-state index is 0.0768. The Labute approximate surface area is 195 Å². The maximum atomic E-state index is 13.3. The van der Waals surface area contributed by atoms with Crippen LogP contribution in [-0.2, 0) is 4.79 Å². The zero-order valence-electron chi connectivity index (χ0n) is 18.0. The van der Waals surface area contributed by atoms with Gasteiger partial charge in [0.2, 0.25) is 5.70 Å². The quantitative estimate of drug-likeness (QED) is 0.463. The number of hydrogen-bond donors (Lipinski definition) is 1. The number of carbonyl (C=O) groups is 1. The molecular weight excluding hydrogens is 430 g/mol. The summed E-state index contributed by atoms with van der Waals surface area (Å²) in [7, 11) is 0. The van der Waals surface area contributed by atoms with Gasteiger partial charge in [0.1, 0.15) is 5.01 Å². The third-order valence-corrected chi connectivity index (χ3v) is 7.05. The molecule has 0 bridgehead atoms. The number of para-hydroxylation sites is 1. The number of amides is 1.